The normalized spacial score (nSPS) is 31.1. The number of amides is 1. The molecule has 4 heteroatoms. The zero-order valence-corrected chi connectivity index (χ0v) is 12.0. The van der Waals surface area contributed by atoms with Crippen molar-refractivity contribution in [2.75, 3.05) is 19.8 Å². The second-order valence-corrected chi connectivity index (χ2v) is 5.76. The van der Waals surface area contributed by atoms with Crippen LogP contribution < -0.4 is 0 Å². The topological polar surface area (TPSA) is 49.8 Å². The molecule has 1 N–H and O–H groups in total. The quantitative estimate of drug-likeness (QED) is 0.750. The molecule has 0 radical (unpaired) electrons. The first-order valence-corrected chi connectivity index (χ1v) is 7.79. The highest BCUT2D eigenvalue weighted by atomic mass is 16.5. The maximum Gasteiger partial charge on any atom is 0.222 e. The van der Waals surface area contributed by atoms with Gasteiger partial charge < -0.3 is 14.7 Å². The van der Waals surface area contributed by atoms with Crippen LogP contribution in [0, 0.1) is 5.92 Å². The molecule has 1 saturated carbocycles. The average Bonchev–Trinajstić information content (AvgIpc) is 3.02. The predicted molar refractivity (Wildman–Crippen MR) is 73.8 cm³/mol. The summed E-state index contributed by atoms with van der Waals surface area (Å²) in [7, 11) is 0. The van der Waals surface area contributed by atoms with E-state index in [4.69, 9.17) is 4.74 Å². The molecule has 0 bridgehead atoms. The minimum atomic E-state index is -0.193. The predicted octanol–water partition coefficient (Wildman–Crippen LogP) is 1.96. The summed E-state index contributed by atoms with van der Waals surface area (Å²) in [6, 6.07) is 0.289. The fourth-order valence-electron chi connectivity index (χ4n) is 3.58. The first-order chi connectivity index (χ1) is 9.24. The Bertz CT molecular complexity index is 295. The van der Waals surface area contributed by atoms with E-state index in [2.05, 4.69) is 0 Å². The summed E-state index contributed by atoms with van der Waals surface area (Å²) >= 11 is 0. The number of carbonyl (C=O) groups excluding carboxylic acids is 1. The van der Waals surface area contributed by atoms with Gasteiger partial charge in [-0.25, -0.2) is 0 Å². The lowest BCUT2D eigenvalue weighted by Crippen LogP contribution is -2.42. The van der Waals surface area contributed by atoms with Crippen molar-refractivity contribution in [3.05, 3.63) is 0 Å². The Morgan fingerprint density at radius 1 is 1.32 bits per heavy atom. The van der Waals surface area contributed by atoms with E-state index in [9.17, 15) is 9.90 Å². The number of hydrogen-bond acceptors (Lipinski definition) is 3. The van der Waals surface area contributed by atoms with E-state index in [1.165, 1.54) is 0 Å². The van der Waals surface area contributed by atoms with E-state index < -0.39 is 0 Å². The minimum Gasteiger partial charge on any atom is -0.393 e. The van der Waals surface area contributed by atoms with Gasteiger partial charge in [0.05, 0.1) is 6.10 Å². The zero-order valence-electron chi connectivity index (χ0n) is 12.0. The Morgan fingerprint density at radius 2 is 2.16 bits per heavy atom. The molecule has 1 aliphatic carbocycles. The molecule has 4 nitrogen and oxygen atoms in total. The number of aliphatic hydroxyl groups excluding tert-OH is 1. The fourth-order valence-corrected chi connectivity index (χ4v) is 3.58. The fraction of sp³-hybridized carbons (Fsp3) is 0.933. The van der Waals surface area contributed by atoms with Crippen LogP contribution in [0.1, 0.15) is 51.9 Å². The van der Waals surface area contributed by atoms with Gasteiger partial charge in [0.15, 0.2) is 0 Å². The van der Waals surface area contributed by atoms with E-state index in [1.54, 1.807) is 0 Å². The van der Waals surface area contributed by atoms with Crippen LogP contribution in [0.25, 0.3) is 0 Å². The molecule has 1 amide bonds. The van der Waals surface area contributed by atoms with Gasteiger partial charge >= 0.3 is 0 Å². The largest absolute Gasteiger partial charge is 0.393 e. The Kier molecular flexibility index (Phi) is 5.64. The van der Waals surface area contributed by atoms with Crippen molar-refractivity contribution in [1.82, 2.24) is 4.90 Å². The molecule has 0 spiro atoms. The Morgan fingerprint density at radius 3 is 2.84 bits per heavy atom. The average molecular weight is 269 g/mol. The standard InChI is InChI=1S/C15H27NO3/c1-2-19-11-5-9-15(18)16-10-4-7-13(16)12-6-3-8-14(12)17/h12-14,17H,2-11H2,1H3. The number of likely N-dealkylation sites (tertiary alicyclic amines) is 1. The summed E-state index contributed by atoms with van der Waals surface area (Å²) in [5.41, 5.74) is 0. The Hall–Kier alpha value is -0.610. The molecule has 0 aromatic rings. The Labute approximate surface area is 116 Å². The molecule has 0 aromatic heterocycles. The maximum atomic E-state index is 12.3. The molecule has 0 aromatic carbocycles. The van der Waals surface area contributed by atoms with Gasteiger partial charge in [0, 0.05) is 38.1 Å². The van der Waals surface area contributed by atoms with Crippen molar-refractivity contribution < 1.29 is 14.6 Å². The van der Waals surface area contributed by atoms with Crippen molar-refractivity contribution in [2.24, 2.45) is 5.92 Å². The van der Waals surface area contributed by atoms with Crippen molar-refractivity contribution in [3.63, 3.8) is 0 Å². The molecule has 19 heavy (non-hydrogen) atoms. The van der Waals surface area contributed by atoms with E-state index in [1.807, 2.05) is 11.8 Å². The van der Waals surface area contributed by atoms with Crippen LogP contribution in [0.5, 0.6) is 0 Å². The highest BCUT2D eigenvalue weighted by Gasteiger charge is 2.39. The van der Waals surface area contributed by atoms with Gasteiger partial charge in [0.2, 0.25) is 5.91 Å². The van der Waals surface area contributed by atoms with E-state index in [-0.39, 0.29) is 18.1 Å². The molecule has 2 rings (SSSR count). The molecular formula is C15H27NO3. The van der Waals surface area contributed by atoms with Crippen molar-refractivity contribution in [2.45, 2.75) is 64.0 Å². The minimum absolute atomic E-state index is 0.193. The molecule has 1 aliphatic heterocycles. The number of carbonyl (C=O) groups is 1. The van der Waals surface area contributed by atoms with Gasteiger partial charge in [0.1, 0.15) is 0 Å². The number of hydrogen-bond donors (Lipinski definition) is 1. The van der Waals surface area contributed by atoms with Crippen LogP contribution in [-0.2, 0) is 9.53 Å². The number of rotatable bonds is 6. The lowest BCUT2D eigenvalue weighted by molar-refractivity contribution is -0.133. The van der Waals surface area contributed by atoms with E-state index in [0.717, 1.165) is 51.7 Å². The summed E-state index contributed by atoms with van der Waals surface area (Å²) in [6.45, 7) is 4.24. The lowest BCUT2D eigenvalue weighted by Gasteiger charge is -2.31. The highest BCUT2D eigenvalue weighted by molar-refractivity contribution is 5.76. The van der Waals surface area contributed by atoms with E-state index in [0.29, 0.717) is 18.9 Å². The summed E-state index contributed by atoms with van der Waals surface area (Å²) < 4.78 is 5.28. The number of ether oxygens (including phenoxy) is 1. The van der Waals surface area contributed by atoms with Gasteiger partial charge in [-0.2, -0.15) is 0 Å². The van der Waals surface area contributed by atoms with Crippen LogP contribution in [0.3, 0.4) is 0 Å². The van der Waals surface area contributed by atoms with Crippen molar-refractivity contribution in [3.8, 4) is 0 Å². The molecule has 3 atom stereocenters. The van der Waals surface area contributed by atoms with Crippen LogP contribution in [0.2, 0.25) is 0 Å². The summed E-state index contributed by atoms with van der Waals surface area (Å²) in [4.78, 5) is 14.3. The monoisotopic (exact) mass is 269 g/mol. The molecule has 1 saturated heterocycles. The third kappa shape index (κ3) is 3.69. The highest BCUT2D eigenvalue weighted by Crippen LogP contribution is 2.36. The van der Waals surface area contributed by atoms with Crippen LogP contribution in [0.4, 0.5) is 0 Å². The second-order valence-electron chi connectivity index (χ2n) is 5.76. The molecule has 2 fully saturated rings. The van der Waals surface area contributed by atoms with Gasteiger partial charge in [-0.05, 0) is 39.0 Å². The first kappa shape index (κ1) is 14.8. The van der Waals surface area contributed by atoms with E-state index >= 15 is 0 Å². The van der Waals surface area contributed by atoms with Gasteiger partial charge in [-0.1, -0.05) is 6.42 Å². The van der Waals surface area contributed by atoms with Gasteiger partial charge in [-0.15, -0.1) is 0 Å². The molecular weight excluding hydrogens is 242 g/mol. The summed E-state index contributed by atoms with van der Waals surface area (Å²) in [5, 5.41) is 10.0. The molecule has 110 valence electrons. The Balaban J connectivity index is 1.82. The molecule has 2 aliphatic rings. The van der Waals surface area contributed by atoms with Gasteiger partial charge in [-0.3, -0.25) is 4.79 Å². The molecule has 1 heterocycles. The van der Waals surface area contributed by atoms with Gasteiger partial charge in [0.25, 0.3) is 0 Å². The number of aliphatic hydroxyl groups is 1. The second kappa shape index (κ2) is 7.25. The number of nitrogens with zero attached hydrogens (tertiary/aromatic N) is 1. The summed E-state index contributed by atoms with van der Waals surface area (Å²) in [6.07, 6.45) is 6.45. The first-order valence-electron chi connectivity index (χ1n) is 7.79. The third-order valence-electron chi connectivity index (χ3n) is 4.53. The zero-order chi connectivity index (χ0) is 13.7. The van der Waals surface area contributed by atoms with Crippen molar-refractivity contribution >= 4 is 5.91 Å². The molecule has 3 unspecified atom stereocenters. The van der Waals surface area contributed by atoms with Crippen molar-refractivity contribution in [1.29, 1.82) is 0 Å². The smallest absolute Gasteiger partial charge is 0.222 e. The third-order valence-corrected chi connectivity index (χ3v) is 4.53. The maximum absolute atomic E-state index is 12.3. The van der Waals surface area contributed by atoms with Crippen LogP contribution >= 0.6 is 0 Å². The SMILES string of the molecule is CCOCCCC(=O)N1CCCC1C1CCCC1O. The van der Waals surface area contributed by atoms with Crippen LogP contribution in [-0.4, -0.2) is 47.8 Å². The van der Waals surface area contributed by atoms with Crippen LogP contribution in [0.15, 0.2) is 0 Å². The lowest BCUT2D eigenvalue weighted by atomic mass is 9.94. The summed E-state index contributed by atoms with van der Waals surface area (Å²) in [5.74, 6) is 0.569.